The number of benzene rings is 1. The van der Waals surface area contributed by atoms with Crippen LogP contribution >= 0.6 is 11.6 Å². The van der Waals surface area contributed by atoms with Crippen molar-refractivity contribution in [3.05, 3.63) is 23.5 Å². The molecule has 0 amide bonds. The van der Waals surface area contributed by atoms with Gasteiger partial charge in [-0.1, -0.05) is 0 Å². The highest BCUT2D eigenvalue weighted by Gasteiger charge is 2.26. The molecule has 1 aliphatic carbocycles. The van der Waals surface area contributed by atoms with Crippen molar-refractivity contribution >= 4 is 28.6 Å². The van der Waals surface area contributed by atoms with Gasteiger partial charge < -0.3 is 18.8 Å². The number of imidazole rings is 1. The monoisotopic (exact) mass is 364 g/mol. The van der Waals surface area contributed by atoms with Gasteiger partial charge in [0.2, 0.25) is 0 Å². The van der Waals surface area contributed by atoms with Gasteiger partial charge in [0.25, 0.3) is 0 Å². The Labute approximate surface area is 151 Å². The van der Waals surface area contributed by atoms with E-state index in [0.29, 0.717) is 30.4 Å². The predicted octanol–water partition coefficient (Wildman–Crippen LogP) is 3.14. The molecular weight excluding hydrogens is 344 g/mol. The van der Waals surface area contributed by atoms with E-state index in [4.69, 9.17) is 25.8 Å². The van der Waals surface area contributed by atoms with Crippen molar-refractivity contribution in [2.75, 3.05) is 20.3 Å². The van der Waals surface area contributed by atoms with Crippen LogP contribution in [-0.4, -0.2) is 41.9 Å². The SMILES string of the molecule is COC(=O)c1cc(OCC2CC2)c2nc(CCl)n(C[C@@H]3CCO3)c2c1. The lowest BCUT2D eigenvalue weighted by atomic mass is 10.1. The summed E-state index contributed by atoms with van der Waals surface area (Å²) in [7, 11) is 1.38. The lowest BCUT2D eigenvalue weighted by molar-refractivity contribution is -0.0589. The normalized spacial score (nSPS) is 19.7. The molecule has 0 unspecified atom stereocenters. The van der Waals surface area contributed by atoms with E-state index in [1.807, 2.05) is 4.57 Å². The molecule has 25 heavy (non-hydrogen) atoms. The van der Waals surface area contributed by atoms with Crippen LogP contribution in [0.25, 0.3) is 11.0 Å². The molecule has 6 nitrogen and oxygen atoms in total. The fraction of sp³-hybridized carbons (Fsp3) is 0.556. The maximum Gasteiger partial charge on any atom is 0.338 e. The Morgan fingerprint density at radius 3 is 2.80 bits per heavy atom. The van der Waals surface area contributed by atoms with E-state index in [0.717, 1.165) is 29.9 Å². The first-order valence-electron chi connectivity index (χ1n) is 8.61. The van der Waals surface area contributed by atoms with Crippen LogP contribution in [0, 0.1) is 5.92 Å². The van der Waals surface area contributed by atoms with Gasteiger partial charge in [0.05, 0.1) is 43.3 Å². The minimum atomic E-state index is -0.391. The Balaban J connectivity index is 1.78. The summed E-state index contributed by atoms with van der Waals surface area (Å²) in [5, 5.41) is 0. The van der Waals surface area contributed by atoms with E-state index in [-0.39, 0.29) is 12.0 Å². The zero-order chi connectivity index (χ0) is 17.4. The number of ether oxygens (including phenoxy) is 3. The van der Waals surface area contributed by atoms with Crippen LogP contribution in [0.1, 0.15) is 35.4 Å². The second-order valence-corrected chi connectivity index (χ2v) is 6.91. The Bertz CT molecular complexity index is 796. The van der Waals surface area contributed by atoms with Crippen LogP contribution in [0.15, 0.2) is 12.1 Å². The first-order valence-corrected chi connectivity index (χ1v) is 9.15. The highest BCUT2D eigenvalue weighted by Crippen LogP contribution is 2.34. The van der Waals surface area contributed by atoms with Gasteiger partial charge in [-0.05, 0) is 37.3 Å². The number of carbonyl (C=O) groups excluding carboxylic acids is 1. The molecule has 0 radical (unpaired) electrons. The molecule has 2 heterocycles. The van der Waals surface area contributed by atoms with Crippen LogP contribution in [-0.2, 0) is 21.9 Å². The van der Waals surface area contributed by atoms with Gasteiger partial charge in [-0.25, -0.2) is 9.78 Å². The zero-order valence-electron chi connectivity index (χ0n) is 14.2. The first kappa shape index (κ1) is 16.7. The third-order valence-corrected chi connectivity index (χ3v) is 5.03. The summed E-state index contributed by atoms with van der Waals surface area (Å²) in [6.45, 7) is 2.11. The number of methoxy groups -OCH3 is 1. The maximum atomic E-state index is 12.1. The highest BCUT2D eigenvalue weighted by molar-refractivity contribution is 6.17. The average Bonchev–Trinajstić information content (AvgIpc) is 3.35. The maximum absolute atomic E-state index is 12.1. The molecule has 7 heteroatoms. The molecule has 134 valence electrons. The van der Waals surface area contributed by atoms with E-state index in [9.17, 15) is 4.79 Å². The lowest BCUT2D eigenvalue weighted by Crippen LogP contribution is -2.31. The van der Waals surface area contributed by atoms with Crippen molar-refractivity contribution in [1.29, 1.82) is 0 Å². The fourth-order valence-corrected chi connectivity index (χ4v) is 3.22. The minimum Gasteiger partial charge on any atom is -0.491 e. The number of rotatable bonds is 7. The van der Waals surface area contributed by atoms with Crippen molar-refractivity contribution in [1.82, 2.24) is 9.55 Å². The smallest absolute Gasteiger partial charge is 0.338 e. The number of hydrogen-bond donors (Lipinski definition) is 0. The van der Waals surface area contributed by atoms with E-state index >= 15 is 0 Å². The minimum absolute atomic E-state index is 0.164. The number of fused-ring (bicyclic) bond motifs is 1. The number of carbonyl (C=O) groups is 1. The summed E-state index contributed by atoms with van der Waals surface area (Å²) in [5.74, 6) is 1.87. The molecule has 1 aliphatic heterocycles. The van der Waals surface area contributed by atoms with Gasteiger partial charge in [0, 0.05) is 6.61 Å². The van der Waals surface area contributed by atoms with Gasteiger partial charge in [-0.15, -0.1) is 11.6 Å². The van der Waals surface area contributed by atoms with Crippen molar-refractivity contribution in [3.63, 3.8) is 0 Å². The predicted molar refractivity (Wildman–Crippen MR) is 93.2 cm³/mol. The lowest BCUT2D eigenvalue weighted by Gasteiger charge is -2.27. The third-order valence-electron chi connectivity index (χ3n) is 4.79. The summed E-state index contributed by atoms with van der Waals surface area (Å²) < 4.78 is 18.5. The molecular formula is C18H21ClN2O4. The van der Waals surface area contributed by atoms with Crippen LogP contribution in [0.5, 0.6) is 5.75 Å². The standard InChI is InChI=1S/C18H21ClN2O4/c1-23-18(22)12-6-14-17(15(7-12)25-10-11-2-3-11)20-16(8-19)21(14)9-13-4-5-24-13/h6-7,11,13H,2-5,8-10H2,1H3/t13-/m0/s1. The molecule has 1 aromatic carbocycles. The first-order chi connectivity index (χ1) is 12.2. The Morgan fingerprint density at radius 1 is 1.40 bits per heavy atom. The molecule has 1 atom stereocenters. The van der Waals surface area contributed by atoms with Gasteiger partial charge >= 0.3 is 5.97 Å². The molecule has 2 aromatic rings. The Morgan fingerprint density at radius 2 is 2.20 bits per heavy atom. The number of nitrogens with zero attached hydrogens (tertiary/aromatic N) is 2. The Kier molecular flexibility index (Phi) is 4.56. The third kappa shape index (κ3) is 3.33. The van der Waals surface area contributed by atoms with Crippen molar-refractivity contribution < 1.29 is 19.0 Å². The van der Waals surface area contributed by atoms with E-state index < -0.39 is 5.97 Å². The molecule has 0 N–H and O–H groups in total. The van der Waals surface area contributed by atoms with E-state index in [1.165, 1.54) is 20.0 Å². The summed E-state index contributed by atoms with van der Waals surface area (Å²) in [5.41, 5.74) is 2.03. The number of aromatic nitrogens is 2. The molecule has 1 saturated carbocycles. The molecule has 0 bridgehead atoms. The van der Waals surface area contributed by atoms with Gasteiger partial charge in [-0.3, -0.25) is 0 Å². The second-order valence-electron chi connectivity index (χ2n) is 6.64. The van der Waals surface area contributed by atoms with Gasteiger partial charge in [-0.2, -0.15) is 0 Å². The average molecular weight is 365 g/mol. The zero-order valence-corrected chi connectivity index (χ0v) is 14.9. The number of halogens is 1. The number of hydrogen-bond acceptors (Lipinski definition) is 5. The summed E-state index contributed by atoms with van der Waals surface area (Å²) >= 11 is 6.11. The molecule has 2 fully saturated rings. The van der Waals surface area contributed by atoms with Crippen molar-refractivity contribution in [2.24, 2.45) is 5.92 Å². The summed E-state index contributed by atoms with van der Waals surface area (Å²) in [4.78, 5) is 16.7. The molecule has 0 spiro atoms. The largest absolute Gasteiger partial charge is 0.491 e. The topological polar surface area (TPSA) is 62.6 Å². The van der Waals surface area contributed by atoms with Crippen molar-refractivity contribution in [3.8, 4) is 5.75 Å². The fourth-order valence-electron chi connectivity index (χ4n) is 3.02. The summed E-state index contributed by atoms with van der Waals surface area (Å²) in [6.07, 6.45) is 3.57. The second kappa shape index (κ2) is 6.84. The van der Waals surface area contributed by atoms with Crippen molar-refractivity contribution in [2.45, 2.75) is 37.8 Å². The molecule has 2 aliphatic rings. The molecule has 1 aromatic heterocycles. The Hall–Kier alpha value is -1.79. The molecule has 4 rings (SSSR count). The summed E-state index contributed by atoms with van der Waals surface area (Å²) in [6, 6.07) is 3.51. The molecule has 1 saturated heterocycles. The van der Waals surface area contributed by atoms with Crippen LogP contribution in [0.3, 0.4) is 0 Å². The quantitative estimate of drug-likeness (QED) is 0.558. The van der Waals surface area contributed by atoms with Crippen LogP contribution in [0.2, 0.25) is 0 Å². The highest BCUT2D eigenvalue weighted by atomic mass is 35.5. The number of esters is 1. The van der Waals surface area contributed by atoms with Gasteiger partial charge in [0.1, 0.15) is 17.1 Å². The van der Waals surface area contributed by atoms with E-state index in [2.05, 4.69) is 4.98 Å². The number of alkyl halides is 1. The van der Waals surface area contributed by atoms with E-state index in [1.54, 1.807) is 12.1 Å². The van der Waals surface area contributed by atoms with Gasteiger partial charge in [0.15, 0.2) is 0 Å². The van der Waals surface area contributed by atoms with Crippen LogP contribution in [0.4, 0.5) is 0 Å². The van der Waals surface area contributed by atoms with Crippen LogP contribution < -0.4 is 4.74 Å².